The Kier molecular flexibility index (Phi) is 9.34. The molecule has 0 fully saturated rings. The standard InChI is InChI=1S/C25H34N2O4/c1-2-13-30-14-6-15-31-24-10-5-9-21(16-24)25(29)26-17-23(28)19-27-12-11-20-7-3-4-8-22(20)18-27/h3-5,7-10,16,23,28H,2,6,11-15,17-19H2,1H3,(H,26,29). The molecule has 1 amide bonds. The van der Waals surface area contributed by atoms with Gasteiger partial charge in [-0.05, 0) is 42.2 Å². The zero-order valence-electron chi connectivity index (χ0n) is 18.4. The van der Waals surface area contributed by atoms with Crippen molar-refractivity contribution in [2.75, 3.05) is 39.5 Å². The fourth-order valence-electron chi connectivity index (χ4n) is 3.71. The molecule has 6 heteroatoms. The van der Waals surface area contributed by atoms with Crippen LogP contribution in [0.3, 0.4) is 0 Å². The van der Waals surface area contributed by atoms with Crippen LogP contribution in [0.25, 0.3) is 0 Å². The van der Waals surface area contributed by atoms with Crippen molar-refractivity contribution in [1.82, 2.24) is 10.2 Å². The number of β-amino-alcohol motifs (C(OH)–C–C–N with tert-alkyl or cyclic N) is 1. The Morgan fingerprint density at radius 2 is 1.97 bits per heavy atom. The van der Waals surface area contributed by atoms with Gasteiger partial charge in [0.05, 0.1) is 12.7 Å². The van der Waals surface area contributed by atoms with Gasteiger partial charge in [-0.1, -0.05) is 37.3 Å². The van der Waals surface area contributed by atoms with Gasteiger partial charge in [0.15, 0.2) is 0 Å². The molecule has 1 aliphatic heterocycles. The van der Waals surface area contributed by atoms with E-state index in [1.54, 1.807) is 18.2 Å². The van der Waals surface area contributed by atoms with Crippen molar-refractivity contribution in [1.29, 1.82) is 0 Å². The lowest BCUT2D eigenvalue weighted by Crippen LogP contribution is -2.42. The molecule has 1 heterocycles. The van der Waals surface area contributed by atoms with Crippen molar-refractivity contribution in [2.45, 2.75) is 38.8 Å². The molecule has 3 rings (SSSR count). The van der Waals surface area contributed by atoms with Gasteiger partial charge in [-0.2, -0.15) is 0 Å². The number of aliphatic hydroxyl groups excluding tert-OH is 1. The van der Waals surface area contributed by atoms with Crippen molar-refractivity contribution >= 4 is 5.91 Å². The predicted octanol–water partition coefficient (Wildman–Crippen LogP) is 3.03. The molecule has 2 aromatic carbocycles. The molecule has 0 radical (unpaired) electrons. The van der Waals surface area contributed by atoms with Crippen LogP contribution in [0.4, 0.5) is 0 Å². The molecule has 31 heavy (non-hydrogen) atoms. The summed E-state index contributed by atoms with van der Waals surface area (Å²) in [7, 11) is 0. The molecule has 2 aromatic rings. The highest BCUT2D eigenvalue weighted by Gasteiger charge is 2.19. The number of ether oxygens (including phenoxy) is 2. The number of hydrogen-bond donors (Lipinski definition) is 2. The van der Waals surface area contributed by atoms with Crippen LogP contribution in [0.5, 0.6) is 5.75 Å². The summed E-state index contributed by atoms with van der Waals surface area (Å²) in [5.41, 5.74) is 3.23. The molecule has 1 aliphatic rings. The van der Waals surface area contributed by atoms with E-state index >= 15 is 0 Å². The van der Waals surface area contributed by atoms with E-state index in [1.165, 1.54) is 11.1 Å². The fourth-order valence-corrected chi connectivity index (χ4v) is 3.71. The predicted molar refractivity (Wildman–Crippen MR) is 121 cm³/mol. The Morgan fingerprint density at radius 1 is 1.13 bits per heavy atom. The van der Waals surface area contributed by atoms with E-state index < -0.39 is 6.10 Å². The molecule has 168 valence electrons. The summed E-state index contributed by atoms with van der Waals surface area (Å²) in [4.78, 5) is 14.7. The molecule has 0 aliphatic carbocycles. The van der Waals surface area contributed by atoms with Crippen molar-refractivity contribution < 1.29 is 19.4 Å². The van der Waals surface area contributed by atoms with Crippen molar-refractivity contribution in [2.24, 2.45) is 0 Å². The molecule has 1 unspecified atom stereocenters. The van der Waals surface area contributed by atoms with E-state index in [0.717, 1.165) is 39.0 Å². The van der Waals surface area contributed by atoms with Gasteiger partial charge < -0.3 is 19.9 Å². The van der Waals surface area contributed by atoms with Crippen LogP contribution in [0, 0.1) is 0 Å². The molecule has 0 saturated carbocycles. The Morgan fingerprint density at radius 3 is 2.81 bits per heavy atom. The van der Waals surface area contributed by atoms with E-state index in [9.17, 15) is 9.90 Å². The quantitative estimate of drug-likeness (QED) is 0.511. The maximum absolute atomic E-state index is 12.5. The van der Waals surface area contributed by atoms with Crippen LogP contribution in [-0.4, -0.2) is 61.5 Å². The van der Waals surface area contributed by atoms with E-state index in [0.29, 0.717) is 31.1 Å². The first-order valence-corrected chi connectivity index (χ1v) is 11.2. The van der Waals surface area contributed by atoms with Crippen LogP contribution >= 0.6 is 0 Å². The molecule has 6 nitrogen and oxygen atoms in total. The first-order chi connectivity index (χ1) is 15.2. The van der Waals surface area contributed by atoms with E-state index in [2.05, 4.69) is 41.4 Å². The number of benzene rings is 2. The molecular formula is C25H34N2O4. The van der Waals surface area contributed by atoms with Crippen LogP contribution in [-0.2, 0) is 17.7 Å². The zero-order chi connectivity index (χ0) is 21.9. The smallest absolute Gasteiger partial charge is 0.251 e. The molecule has 0 saturated heterocycles. The normalized spacial score (nSPS) is 14.6. The third kappa shape index (κ3) is 7.65. The van der Waals surface area contributed by atoms with Gasteiger partial charge in [0.25, 0.3) is 5.91 Å². The summed E-state index contributed by atoms with van der Waals surface area (Å²) >= 11 is 0. The number of carbonyl (C=O) groups is 1. The molecule has 1 atom stereocenters. The first-order valence-electron chi connectivity index (χ1n) is 11.2. The molecular weight excluding hydrogens is 392 g/mol. The average Bonchev–Trinajstić information content (AvgIpc) is 2.80. The number of nitrogens with zero attached hydrogens (tertiary/aromatic N) is 1. The number of fused-ring (bicyclic) bond motifs is 1. The number of nitrogens with one attached hydrogen (secondary N) is 1. The Bertz CT molecular complexity index is 827. The number of hydrogen-bond acceptors (Lipinski definition) is 5. The Labute approximate surface area is 185 Å². The summed E-state index contributed by atoms with van der Waals surface area (Å²) in [6.07, 6.45) is 2.20. The van der Waals surface area contributed by atoms with Gasteiger partial charge in [-0.25, -0.2) is 0 Å². The fraction of sp³-hybridized carbons (Fsp3) is 0.480. The topological polar surface area (TPSA) is 71.0 Å². The van der Waals surface area contributed by atoms with Crippen molar-refractivity contribution in [3.8, 4) is 5.75 Å². The lowest BCUT2D eigenvalue weighted by atomic mass is 10.00. The van der Waals surface area contributed by atoms with E-state index in [-0.39, 0.29) is 12.5 Å². The minimum absolute atomic E-state index is 0.209. The monoisotopic (exact) mass is 426 g/mol. The lowest BCUT2D eigenvalue weighted by molar-refractivity contribution is 0.0841. The van der Waals surface area contributed by atoms with Crippen LogP contribution in [0.15, 0.2) is 48.5 Å². The first kappa shape index (κ1) is 23.3. The second-order valence-corrected chi connectivity index (χ2v) is 7.96. The molecule has 0 aromatic heterocycles. The highest BCUT2D eigenvalue weighted by atomic mass is 16.5. The zero-order valence-corrected chi connectivity index (χ0v) is 18.4. The van der Waals surface area contributed by atoms with Gasteiger partial charge in [0.2, 0.25) is 0 Å². The average molecular weight is 427 g/mol. The molecule has 0 spiro atoms. The Hall–Kier alpha value is -2.41. The summed E-state index contributed by atoms with van der Waals surface area (Å²) in [5.74, 6) is 0.454. The van der Waals surface area contributed by atoms with Gasteiger partial charge in [-0.3, -0.25) is 9.69 Å². The van der Waals surface area contributed by atoms with Gasteiger partial charge in [0.1, 0.15) is 5.75 Å². The summed E-state index contributed by atoms with van der Waals surface area (Å²) in [6, 6.07) is 15.6. The number of carbonyl (C=O) groups excluding carboxylic acids is 1. The van der Waals surface area contributed by atoms with Crippen LogP contribution < -0.4 is 10.1 Å². The van der Waals surface area contributed by atoms with Gasteiger partial charge in [0, 0.05) is 51.4 Å². The molecule has 2 N–H and O–H groups in total. The third-order valence-electron chi connectivity index (χ3n) is 5.32. The minimum atomic E-state index is -0.614. The largest absolute Gasteiger partial charge is 0.493 e. The minimum Gasteiger partial charge on any atom is -0.493 e. The van der Waals surface area contributed by atoms with Gasteiger partial charge >= 0.3 is 0 Å². The molecule has 0 bridgehead atoms. The second kappa shape index (κ2) is 12.4. The lowest BCUT2D eigenvalue weighted by Gasteiger charge is -2.30. The van der Waals surface area contributed by atoms with E-state index in [1.807, 2.05) is 6.07 Å². The van der Waals surface area contributed by atoms with E-state index in [4.69, 9.17) is 9.47 Å². The number of amides is 1. The highest BCUT2D eigenvalue weighted by Crippen LogP contribution is 2.18. The SMILES string of the molecule is CCCOCCCOc1cccc(C(=O)NCC(O)CN2CCc3ccccc3C2)c1. The van der Waals surface area contributed by atoms with Crippen molar-refractivity contribution in [3.05, 3.63) is 65.2 Å². The number of rotatable bonds is 12. The van der Waals surface area contributed by atoms with Gasteiger partial charge in [-0.15, -0.1) is 0 Å². The van der Waals surface area contributed by atoms with Crippen LogP contribution in [0.2, 0.25) is 0 Å². The van der Waals surface area contributed by atoms with Crippen molar-refractivity contribution in [3.63, 3.8) is 0 Å². The Balaban J connectivity index is 1.39. The maximum Gasteiger partial charge on any atom is 0.251 e. The maximum atomic E-state index is 12.5. The van der Waals surface area contributed by atoms with Crippen LogP contribution in [0.1, 0.15) is 41.3 Å². The highest BCUT2D eigenvalue weighted by molar-refractivity contribution is 5.94. The summed E-state index contributed by atoms with van der Waals surface area (Å²) in [6.45, 7) is 6.59. The second-order valence-electron chi connectivity index (χ2n) is 7.96. The number of aliphatic hydroxyl groups is 1. The summed E-state index contributed by atoms with van der Waals surface area (Å²) in [5, 5.41) is 13.2. The summed E-state index contributed by atoms with van der Waals surface area (Å²) < 4.78 is 11.2. The third-order valence-corrected chi connectivity index (χ3v) is 5.32.